The van der Waals surface area contributed by atoms with Crippen LogP contribution in [0.3, 0.4) is 0 Å². The van der Waals surface area contributed by atoms with Crippen LogP contribution < -0.4 is 9.47 Å². The van der Waals surface area contributed by atoms with E-state index in [4.69, 9.17) is 25.5 Å². The summed E-state index contributed by atoms with van der Waals surface area (Å²) in [6.07, 6.45) is 0. The third-order valence-electron chi connectivity index (χ3n) is 3.49. The van der Waals surface area contributed by atoms with Gasteiger partial charge in [0.05, 0.1) is 19.8 Å². The Bertz CT molecular complexity index is 908. The first-order valence-electron chi connectivity index (χ1n) is 7.58. The fourth-order valence-corrected chi connectivity index (χ4v) is 2.32. The highest BCUT2D eigenvalue weighted by atomic mass is 35.5. The van der Waals surface area contributed by atoms with Gasteiger partial charge in [-0.05, 0) is 42.5 Å². The standard InChI is InChI=1S/C18H15ClN2O5/c1-23-15-9-12(18(22)24-2)5-8-14(15)25-10-16-20-21-17(26-16)11-3-6-13(19)7-4-11/h3-9H,10H2,1-2H3. The molecule has 0 unspecified atom stereocenters. The zero-order valence-electron chi connectivity index (χ0n) is 14.1. The number of carbonyl (C=O) groups is 1. The van der Waals surface area contributed by atoms with E-state index in [0.717, 1.165) is 5.56 Å². The van der Waals surface area contributed by atoms with Crippen LogP contribution in [0.15, 0.2) is 46.9 Å². The highest BCUT2D eigenvalue weighted by Gasteiger charge is 2.13. The third-order valence-corrected chi connectivity index (χ3v) is 3.75. The lowest BCUT2D eigenvalue weighted by Crippen LogP contribution is -2.03. The van der Waals surface area contributed by atoms with E-state index in [1.54, 1.807) is 36.4 Å². The number of esters is 1. The second-order valence-electron chi connectivity index (χ2n) is 5.15. The van der Waals surface area contributed by atoms with E-state index in [1.165, 1.54) is 20.3 Å². The van der Waals surface area contributed by atoms with Gasteiger partial charge in [-0.1, -0.05) is 11.6 Å². The number of carbonyl (C=O) groups excluding carboxylic acids is 1. The van der Waals surface area contributed by atoms with Gasteiger partial charge < -0.3 is 18.6 Å². The van der Waals surface area contributed by atoms with E-state index in [9.17, 15) is 4.79 Å². The SMILES string of the molecule is COC(=O)c1ccc(OCc2nnc(-c3ccc(Cl)cc3)o2)c(OC)c1. The number of nitrogens with zero attached hydrogens (tertiary/aromatic N) is 2. The maximum Gasteiger partial charge on any atom is 0.337 e. The van der Waals surface area contributed by atoms with Gasteiger partial charge in [-0.3, -0.25) is 0 Å². The summed E-state index contributed by atoms with van der Waals surface area (Å²) in [5.74, 6) is 1.04. The molecule has 26 heavy (non-hydrogen) atoms. The van der Waals surface area contributed by atoms with Crippen LogP contribution in [0.4, 0.5) is 0 Å². The molecule has 1 heterocycles. The van der Waals surface area contributed by atoms with E-state index < -0.39 is 5.97 Å². The molecule has 0 spiro atoms. The molecule has 8 heteroatoms. The lowest BCUT2D eigenvalue weighted by Gasteiger charge is -2.10. The minimum absolute atomic E-state index is 0.0501. The molecule has 0 N–H and O–H groups in total. The number of ether oxygens (including phenoxy) is 3. The molecular formula is C18H15ClN2O5. The number of halogens is 1. The first kappa shape index (κ1) is 17.8. The molecular weight excluding hydrogens is 360 g/mol. The summed E-state index contributed by atoms with van der Waals surface area (Å²) in [6, 6.07) is 11.8. The Morgan fingerprint density at radius 1 is 1.08 bits per heavy atom. The van der Waals surface area contributed by atoms with Crippen molar-refractivity contribution in [3.63, 3.8) is 0 Å². The Labute approximate surface area is 154 Å². The summed E-state index contributed by atoms with van der Waals surface area (Å²) < 4.78 is 21.2. The van der Waals surface area contributed by atoms with E-state index >= 15 is 0 Å². The smallest absolute Gasteiger partial charge is 0.337 e. The van der Waals surface area contributed by atoms with E-state index in [-0.39, 0.29) is 6.61 Å². The quantitative estimate of drug-likeness (QED) is 0.607. The van der Waals surface area contributed by atoms with Crippen LogP contribution in [0.5, 0.6) is 11.5 Å². The van der Waals surface area contributed by atoms with Crippen molar-refractivity contribution in [1.82, 2.24) is 10.2 Å². The Morgan fingerprint density at radius 3 is 2.54 bits per heavy atom. The van der Waals surface area contributed by atoms with Gasteiger partial charge in [0.25, 0.3) is 5.89 Å². The van der Waals surface area contributed by atoms with Crippen LogP contribution >= 0.6 is 11.6 Å². The highest BCUT2D eigenvalue weighted by Crippen LogP contribution is 2.29. The Morgan fingerprint density at radius 2 is 1.85 bits per heavy atom. The van der Waals surface area contributed by atoms with Crippen molar-refractivity contribution in [3.05, 3.63) is 58.9 Å². The summed E-state index contributed by atoms with van der Waals surface area (Å²) in [5, 5.41) is 8.57. The van der Waals surface area contributed by atoms with Crippen molar-refractivity contribution < 1.29 is 23.4 Å². The number of benzene rings is 2. The molecule has 3 aromatic rings. The lowest BCUT2D eigenvalue weighted by molar-refractivity contribution is 0.0600. The molecule has 0 amide bonds. The maximum atomic E-state index is 11.6. The summed E-state index contributed by atoms with van der Waals surface area (Å²) in [4.78, 5) is 11.6. The zero-order valence-corrected chi connectivity index (χ0v) is 14.8. The Hall–Kier alpha value is -3.06. The van der Waals surface area contributed by atoms with Gasteiger partial charge in [-0.15, -0.1) is 10.2 Å². The van der Waals surface area contributed by atoms with E-state index in [0.29, 0.717) is 33.9 Å². The van der Waals surface area contributed by atoms with Crippen molar-refractivity contribution in [2.75, 3.05) is 14.2 Å². The second kappa shape index (κ2) is 7.88. The number of hydrogen-bond donors (Lipinski definition) is 0. The molecule has 1 aromatic heterocycles. The monoisotopic (exact) mass is 374 g/mol. The van der Waals surface area contributed by atoms with Crippen LogP contribution in [0.1, 0.15) is 16.2 Å². The van der Waals surface area contributed by atoms with Crippen molar-refractivity contribution in [3.8, 4) is 23.0 Å². The van der Waals surface area contributed by atoms with Gasteiger partial charge in [-0.2, -0.15) is 0 Å². The fraction of sp³-hybridized carbons (Fsp3) is 0.167. The molecule has 0 aliphatic carbocycles. The van der Waals surface area contributed by atoms with Crippen LogP contribution in [0, 0.1) is 0 Å². The molecule has 0 atom stereocenters. The molecule has 0 radical (unpaired) electrons. The summed E-state index contributed by atoms with van der Waals surface area (Å²) in [6.45, 7) is 0.0501. The predicted octanol–water partition coefficient (Wildman–Crippen LogP) is 3.76. The fourth-order valence-electron chi connectivity index (χ4n) is 2.19. The maximum absolute atomic E-state index is 11.6. The molecule has 0 saturated carbocycles. The number of hydrogen-bond acceptors (Lipinski definition) is 7. The van der Waals surface area contributed by atoms with Gasteiger partial charge in [-0.25, -0.2) is 4.79 Å². The van der Waals surface area contributed by atoms with Crippen molar-refractivity contribution in [2.45, 2.75) is 6.61 Å². The summed E-state index contributed by atoms with van der Waals surface area (Å²) >= 11 is 5.86. The molecule has 0 saturated heterocycles. The number of rotatable bonds is 6. The molecule has 0 fully saturated rings. The molecule has 7 nitrogen and oxygen atoms in total. The molecule has 2 aromatic carbocycles. The van der Waals surface area contributed by atoms with Crippen molar-refractivity contribution >= 4 is 17.6 Å². The van der Waals surface area contributed by atoms with Gasteiger partial charge in [0, 0.05) is 10.6 Å². The molecule has 0 bridgehead atoms. The van der Waals surface area contributed by atoms with Gasteiger partial charge in [0.1, 0.15) is 0 Å². The topological polar surface area (TPSA) is 83.7 Å². The number of methoxy groups -OCH3 is 2. The first-order chi connectivity index (χ1) is 12.6. The van der Waals surface area contributed by atoms with Gasteiger partial charge in [0.2, 0.25) is 5.89 Å². The van der Waals surface area contributed by atoms with Gasteiger partial charge in [0.15, 0.2) is 18.1 Å². The molecule has 134 valence electrons. The van der Waals surface area contributed by atoms with E-state index in [1.807, 2.05) is 0 Å². The van der Waals surface area contributed by atoms with E-state index in [2.05, 4.69) is 14.9 Å². The first-order valence-corrected chi connectivity index (χ1v) is 7.96. The average Bonchev–Trinajstić information content (AvgIpc) is 3.15. The van der Waals surface area contributed by atoms with Crippen LogP contribution in [-0.4, -0.2) is 30.4 Å². The zero-order chi connectivity index (χ0) is 18.5. The van der Waals surface area contributed by atoms with Gasteiger partial charge >= 0.3 is 5.97 Å². The third kappa shape index (κ3) is 3.94. The highest BCUT2D eigenvalue weighted by molar-refractivity contribution is 6.30. The van der Waals surface area contributed by atoms with Crippen LogP contribution in [0.25, 0.3) is 11.5 Å². The molecule has 0 aliphatic heterocycles. The minimum atomic E-state index is -0.459. The van der Waals surface area contributed by atoms with Crippen molar-refractivity contribution in [1.29, 1.82) is 0 Å². The van der Waals surface area contributed by atoms with Crippen LogP contribution in [0.2, 0.25) is 5.02 Å². The molecule has 0 aliphatic rings. The normalized spacial score (nSPS) is 10.4. The van der Waals surface area contributed by atoms with Crippen LogP contribution in [-0.2, 0) is 11.3 Å². The average molecular weight is 375 g/mol. The number of aromatic nitrogens is 2. The largest absolute Gasteiger partial charge is 0.493 e. The second-order valence-corrected chi connectivity index (χ2v) is 5.59. The lowest BCUT2D eigenvalue weighted by atomic mass is 10.2. The minimum Gasteiger partial charge on any atom is -0.493 e. The molecule has 3 rings (SSSR count). The predicted molar refractivity (Wildman–Crippen MR) is 93.4 cm³/mol. The summed E-state index contributed by atoms with van der Waals surface area (Å²) in [7, 11) is 2.79. The van der Waals surface area contributed by atoms with Crippen molar-refractivity contribution in [2.24, 2.45) is 0 Å². The Kier molecular flexibility index (Phi) is 5.38. The summed E-state index contributed by atoms with van der Waals surface area (Å²) in [5.41, 5.74) is 1.12. The Balaban J connectivity index is 1.71.